The third-order valence-electron chi connectivity index (χ3n) is 1.08. The first kappa shape index (κ1) is 6.55. The predicted molar refractivity (Wildman–Crippen MR) is 39.7 cm³/mol. The van der Waals surface area contributed by atoms with Gasteiger partial charge in [-0.15, -0.1) is 0 Å². The molecule has 0 amide bonds. The molecule has 0 atom stereocenters. The zero-order chi connectivity index (χ0) is 6.69. The van der Waals surface area contributed by atoms with Crippen molar-refractivity contribution in [2.75, 3.05) is 0 Å². The molecule has 0 aliphatic heterocycles. The average molecular weight is 140 g/mol. The van der Waals surface area contributed by atoms with Gasteiger partial charge in [0.05, 0.1) is 0 Å². The van der Waals surface area contributed by atoms with Crippen molar-refractivity contribution in [3.05, 3.63) is 17.7 Å². The molecule has 4 heteroatoms. The number of hydrogen-bond donors (Lipinski definition) is 0. The van der Waals surface area contributed by atoms with Crippen LogP contribution in [0, 0.1) is 0 Å². The second kappa shape index (κ2) is 2.83. The summed E-state index contributed by atoms with van der Waals surface area (Å²) >= 11 is 5.45. The van der Waals surface area contributed by atoms with E-state index in [4.69, 9.17) is 11.6 Å². The van der Waals surface area contributed by atoms with Gasteiger partial charge in [-0.25, -0.2) is 9.97 Å². The molecule has 1 aromatic rings. The Hall–Kier alpha value is -0.565. The highest BCUT2D eigenvalue weighted by Gasteiger charge is 1.90. The Balaban J connectivity index is 2.88. The number of nitrogens with zero attached hydrogens (tertiary/aromatic N) is 2. The van der Waals surface area contributed by atoms with E-state index < -0.39 is 0 Å². The molecule has 0 aromatic carbocycles. The Morgan fingerprint density at radius 3 is 2.44 bits per heavy atom. The molecule has 0 bridgehead atoms. The third-order valence-corrected chi connectivity index (χ3v) is 1.28. The van der Waals surface area contributed by atoms with Crippen molar-refractivity contribution in [3.63, 3.8) is 0 Å². The quantitative estimate of drug-likeness (QED) is 0.412. The van der Waals surface area contributed by atoms with Gasteiger partial charge in [-0.1, -0.05) is 6.82 Å². The lowest BCUT2D eigenvalue weighted by molar-refractivity contribution is 1.18. The molecule has 0 saturated carbocycles. The summed E-state index contributed by atoms with van der Waals surface area (Å²) in [7, 11) is 0.956. The van der Waals surface area contributed by atoms with Gasteiger partial charge in [-0.2, -0.15) is 0 Å². The Labute approximate surface area is 59.5 Å². The molecule has 0 saturated heterocycles. The van der Waals surface area contributed by atoms with Crippen LogP contribution in [0.5, 0.6) is 0 Å². The molecule has 1 rings (SSSR count). The molecule has 2 nitrogen and oxygen atoms in total. The summed E-state index contributed by atoms with van der Waals surface area (Å²) in [6, 6.07) is 0. The molecule has 0 unspecified atom stereocenters. The zero-order valence-electron chi connectivity index (χ0n) is 5.13. The number of rotatable bonds is 1. The second-order valence-electron chi connectivity index (χ2n) is 1.71. The highest BCUT2D eigenvalue weighted by atomic mass is 35.5. The first-order valence-corrected chi connectivity index (χ1v) is 3.17. The summed E-state index contributed by atoms with van der Waals surface area (Å²) in [6.45, 7) is 2.05. The van der Waals surface area contributed by atoms with Crippen LogP contribution < -0.4 is 5.46 Å². The molecule has 9 heavy (non-hydrogen) atoms. The first-order chi connectivity index (χ1) is 4.33. The van der Waals surface area contributed by atoms with Crippen molar-refractivity contribution in [2.24, 2.45) is 0 Å². The Bertz CT molecular complexity index is 187. The largest absolute Gasteiger partial charge is 0.227 e. The van der Waals surface area contributed by atoms with Gasteiger partial charge in [0.2, 0.25) is 5.28 Å². The van der Waals surface area contributed by atoms with Crippen molar-refractivity contribution >= 4 is 24.3 Å². The smallest absolute Gasteiger partial charge is 0.222 e. The monoisotopic (exact) mass is 140 g/mol. The molecule has 1 heterocycles. The fourth-order valence-corrected chi connectivity index (χ4v) is 0.619. The molecule has 0 aliphatic carbocycles. The maximum atomic E-state index is 5.45. The van der Waals surface area contributed by atoms with E-state index in [1.165, 1.54) is 0 Å². The van der Waals surface area contributed by atoms with Gasteiger partial charge in [-0.05, 0) is 17.1 Å². The fraction of sp³-hybridized carbons (Fsp3) is 0.200. The van der Waals surface area contributed by atoms with Crippen molar-refractivity contribution < 1.29 is 0 Å². The van der Waals surface area contributed by atoms with E-state index >= 15 is 0 Å². The van der Waals surface area contributed by atoms with E-state index in [2.05, 4.69) is 9.97 Å². The van der Waals surface area contributed by atoms with Crippen LogP contribution >= 0.6 is 11.6 Å². The third kappa shape index (κ3) is 1.68. The van der Waals surface area contributed by atoms with Crippen LogP contribution in [-0.4, -0.2) is 17.2 Å². The van der Waals surface area contributed by atoms with Gasteiger partial charge in [0.1, 0.15) is 0 Å². The van der Waals surface area contributed by atoms with E-state index in [0.29, 0.717) is 5.28 Å². The molecular formula is C5H6BClN2. The summed E-state index contributed by atoms with van der Waals surface area (Å²) in [6.07, 6.45) is 3.46. The van der Waals surface area contributed by atoms with Crippen LogP contribution in [0.25, 0.3) is 0 Å². The van der Waals surface area contributed by atoms with Crippen molar-refractivity contribution in [1.82, 2.24) is 9.97 Å². The van der Waals surface area contributed by atoms with Crippen LogP contribution in [0.15, 0.2) is 12.4 Å². The van der Waals surface area contributed by atoms with Gasteiger partial charge < -0.3 is 0 Å². The van der Waals surface area contributed by atoms with Gasteiger partial charge in [0.15, 0.2) is 7.28 Å². The van der Waals surface area contributed by atoms with E-state index in [1.54, 1.807) is 12.4 Å². The zero-order valence-corrected chi connectivity index (χ0v) is 5.89. The maximum Gasteiger partial charge on any atom is 0.222 e. The van der Waals surface area contributed by atoms with E-state index in [9.17, 15) is 0 Å². The lowest BCUT2D eigenvalue weighted by atomic mass is 9.75. The maximum absolute atomic E-state index is 5.45. The Kier molecular flexibility index (Phi) is 2.06. The average Bonchev–Trinajstić information content (AvgIpc) is 1.90. The lowest BCUT2D eigenvalue weighted by Gasteiger charge is -1.90. The van der Waals surface area contributed by atoms with Gasteiger partial charge >= 0.3 is 0 Å². The topological polar surface area (TPSA) is 25.8 Å². The normalized spacial score (nSPS) is 9.11. The highest BCUT2D eigenvalue weighted by molar-refractivity contribution is 6.51. The van der Waals surface area contributed by atoms with Crippen LogP contribution in [0.3, 0.4) is 0 Å². The molecule has 46 valence electrons. The fourth-order valence-electron chi connectivity index (χ4n) is 0.522. The van der Waals surface area contributed by atoms with Crippen LogP contribution in [0.2, 0.25) is 12.1 Å². The van der Waals surface area contributed by atoms with Crippen molar-refractivity contribution in [3.8, 4) is 0 Å². The molecule has 0 radical (unpaired) electrons. The molecule has 0 fully saturated rings. The predicted octanol–water partition coefficient (Wildman–Crippen LogP) is 0.240. The molecular weight excluding hydrogens is 134 g/mol. The number of hydrogen-bond acceptors (Lipinski definition) is 2. The van der Waals surface area contributed by atoms with Crippen LogP contribution in [0.4, 0.5) is 0 Å². The highest BCUT2D eigenvalue weighted by Crippen LogP contribution is 1.91. The lowest BCUT2D eigenvalue weighted by Crippen LogP contribution is -2.11. The summed E-state index contributed by atoms with van der Waals surface area (Å²) in [4.78, 5) is 7.61. The second-order valence-corrected chi connectivity index (χ2v) is 2.05. The van der Waals surface area contributed by atoms with Crippen LogP contribution in [0.1, 0.15) is 0 Å². The summed E-state index contributed by atoms with van der Waals surface area (Å²) < 4.78 is 0. The van der Waals surface area contributed by atoms with Crippen molar-refractivity contribution in [1.29, 1.82) is 0 Å². The summed E-state index contributed by atoms with van der Waals surface area (Å²) in [5, 5.41) is 0.312. The SMILES string of the molecule is CBc1cnc(Cl)nc1. The minimum atomic E-state index is 0.312. The number of aromatic nitrogens is 2. The van der Waals surface area contributed by atoms with E-state index in [1.807, 2.05) is 6.82 Å². The van der Waals surface area contributed by atoms with Gasteiger partial charge in [0.25, 0.3) is 0 Å². The Morgan fingerprint density at radius 1 is 1.44 bits per heavy atom. The van der Waals surface area contributed by atoms with Crippen molar-refractivity contribution in [2.45, 2.75) is 6.82 Å². The van der Waals surface area contributed by atoms with E-state index in [0.717, 1.165) is 12.7 Å². The minimum absolute atomic E-state index is 0.312. The minimum Gasteiger partial charge on any atom is -0.227 e. The Morgan fingerprint density at radius 2 is 2.00 bits per heavy atom. The first-order valence-electron chi connectivity index (χ1n) is 2.79. The summed E-state index contributed by atoms with van der Waals surface area (Å²) in [5.74, 6) is 0. The van der Waals surface area contributed by atoms with Crippen LogP contribution in [-0.2, 0) is 0 Å². The molecule has 0 N–H and O–H groups in total. The molecule has 0 aliphatic rings. The standard InChI is InChI=1S/C5H6BClN2/c1-6-4-2-8-5(7)9-3-4/h2-3,6H,1H3. The van der Waals surface area contributed by atoms with Gasteiger partial charge in [0, 0.05) is 12.4 Å². The number of halogens is 1. The van der Waals surface area contributed by atoms with E-state index in [-0.39, 0.29) is 0 Å². The molecule has 0 spiro atoms. The summed E-state index contributed by atoms with van der Waals surface area (Å²) in [5.41, 5.74) is 1.11. The molecule has 1 aromatic heterocycles. The van der Waals surface area contributed by atoms with Gasteiger partial charge in [-0.3, -0.25) is 0 Å².